The molecule has 1 aromatic carbocycles. The van der Waals surface area contributed by atoms with Crippen molar-refractivity contribution >= 4 is 17.3 Å². The van der Waals surface area contributed by atoms with E-state index in [-0.39, 0.29) is 5.56 Å². The highest BCUT2D eigenvalue weighted by atomic mass is 16.4. The van der Waals surface area contributed by atoms with Gasteiger partial charge in [-0.15, -0.1) is 0 Å². The van der Waals surface area contributed by atoms with Crippen molar-refractivity contribution < 1.29 is 9.90 Å². The molecule has 0 aliphatic heterocycles. The fourth-order valence-electron chi connectivity index (χ4n) is 2.28. The van der Waals surface area contributed by atoms with Crippen molar-refractivity contribution in [3.63, 3.8) is 0 Å². The lowest BCUT2D eigenvalue weighted by Gasteiger charge is -2.24. The lowest BCUT2D eigenvalue weighted by molar-refractivity contribution is 0.0697. The van der Waals surface area contributed by atoms with Gasteiger partial charge in [0.1, 0.15) is 0 Å². The largest absolute Gasteiger partial charge is 0.478 e. The van der Waals surface area contributed by atoms with Gasteiger partial charge < -0.3 is 16.2 Å². The lowest BCUT2D eigenvalue weighted by Crippen LogP contribution is -2.23. The molecular formula is C13H18N2O2. The summed E-state index contributed by atoms with van der Waals surface area (Å²) in [5.41, 5.74) is 7.49. The molecule has 1 aliphatic rings. The molecule has 0 atom stereocenters. The highest BCUT2D eigenvalue weighted by Gasteiger charge is 2.15. The van der Waals surface area contributed by atoms with Gasteiger partial charge in [0.25, 0.3) is 0 Å². The first kappa shape index (κ1) is 11.8. The van der Waals surface area contributed by atoms with Crippen LogP contribution in [0.1, 0.15) is 42.5 Å². The molecule has 0 radical (unpaired) electrons. The summed E-state index contributed by atoms with van der Waals surface area (Å²) in [7, 11) is 0. The van der Waals surface area contributed by atoms with Crippen LogP contribution in [-0.2, 0) is 0 Å². The number of hydrogen-bond donors (Lipinski definition) is 3. The number of nitrogens with two attached hydrogens (primary N) is 1. The second-order valence-corrected chi connectivity index (χ2v) is 4.59. The zero-order valence-electron chi connectivity index (χ0n) is 9.78. The minimum absolute atomic E-state index is 0.275. The number of anilines is 2. The van der Waals surface area contributed by atoms with E-state index in [1.54, 1.807) is 12.1 Å². The number of carboxylic acids is 1. The Labute approximate surface area is 101 Å². The summed E-state index contributed by atoms with van der Waals surface area (Å²) in [5, 5.41) is 12.3. The van der Waals surface area contributed by atoms with Crippen LogP contribution in [0, 0.1) is 0 Å². The van der Waals surface area contributed by atoms with Gasteiger partial charge in [-0.25, -0.2) is 4.79 Å². The number of hydrogen-bond acceptors (Lipinski definition) is 3. The van der Waals surface area contributed by atoms with Crippen molar-refractivity contribution in [2.24, 2.45) is 0 Å². The normalized spacial score (nSPS) is 16.7. The van der Waals surface area contributed by atoms with E-state index in [9.17, 15) is 4.79 Å². The zero-order chi connectivity index (χ0) is 12.3. The molecule has 1 aromatic rings. The van der Waals surface area contributed by atoms with Crippen molar-refractivity contribution in [3.05, 3.63) is 23.8 Å². The van der Waals surface area contributed by atoms with Crippen LogP contribution in [0.15, 0.2) is 18.2 Å². The Hall–Kier alpha value is -1.71. The van der Waals surface area contributed by atoms with Crippen LogP contribution in [-0.4, -0.2) is 17.1 Å². The topological polar surface area (TPSA) is 75.4 Å². The van der Waals surface area contributed by atoms with E-state index in [0.717, 1.165) is 18.5 Å². The van der Waals surface area contributed by atoms with E-state index in [1.165, 1.54) is 25.3 Å². The number of benzene rings is 1. The first-order chi connectivity index (χ1) is 8.16. The Morgan fingerprint density at radius 1 is 1.29 bits per heavy atom. The standard InChI is InChI=1S/C13H18N2O2/c14-11-7-6-9(13(16)17)8-12(11)15-10-4-2-1-3-5-10/h6-8,10,15H,1-5,14H2,(H,16,17). The van der Waals surface area contributed by atoms with Gasteiger partial charge in [-0.3, -0.25) is 0 Å². The van der Waals surface area contributed by atoms with Gasteiger partial charge in [-0.1, -0.05) is 19.3 Å². The van der Waals surface area contributed by atoms with E-state index in [4.69, 9.17) is 10.8 Å². The van der Waals surface area contributed by atoms with Crippen LogP contribution < -0.4 is 11.1 Å². The molecule has 17 heavy (non-hydrogen) atoms. The quantitative estimate of drug-likeness (QED) is 0.703. The molecule has 4 heteroatoms. The number of carbonyl (C=O) groups is 1. The third kappa shape index (κ3) is 2.90. The van der Waals surface area contributed by atoms with Crippen molar-refractivity contribution in [1.29, 1.82) is 0 Å². The molecule has 4 nitrogen and oxygen atoms in total. The molecule has 0 saturated heterocycles. The second kappa shape index (κ2) is 5.08. The van der Waals surface area contributed by atoms with E-state index >= 15 is 0 Å². The predicted molar refractivity (Wildman–Crippen MR) is 68.3 cm³/mol. The van der Waals surface area contributed by atoms with Crippen LogP contribution in [0.5, 0.6) is 0 Å². The van der Waals surface area contributed by atoms with Gasteiger partial charge in [0.05, 0.1) is 16.9 Å². The smallest absolute Gasteiger partial charge is 0.335 e. The first-order valence-corrected chi connectivity index (χ1v) is 6.06. The van der Waals surface area contributed by atoms with E-state index < -0.39 is 5.97 Å². The number of nitrogens with one attached hydrogen (secondary N) is 1. The van der Waals surface area contributed by atoms with Crippen molar-refractivity contribution in [2.45, 2.75) is 38.1 Å². The number of rotatable bonds is 3. The summed E-state index contributed by atoms with van der Waals surface area (Å²) in [5.74, 6) is -0.920. The van der Waals surface area contributed by atoms with Crippen molar-refractivity contribution in [3.8, 4) is 0 Å². The van der Waals surface area contributed by atoms with Gasteiger partial charge >= 0.3 is 5.97 Å². The van der Waals surface area contributed by atoms with Gasteiger partial charge in [0.2, 0.25) is 0 Å². The summed E-state index contributed by atoms with van der Waals surface area (Å²) in [4.78, 5) is 10.9. The second-order valence-electron chi connectivity index (χ2n) is 4.59. The molecule has 0 amide bonds. The summed E-state index contributed by atoms with van der Waals surface area (Å²) in [6.07, 6.45) is 6.03. The number of nitrogen functional groups attached to an aromatic ring is 1. The first-order valence-electron chi connectivity index (χ1n) is 6.06. The van der Waals surface area contributed by atoms with Crippen LogP contribution in [0.4, 0.5) is 11.4 Å². The lowest BCUT2D eigenvalue weighted by atomic mass is 9.95. The van der Waals surface area contributed by atoms with Crippen molar-refractivity contribution in [2.75, 3.05) is 11.1 Å². The third-order valence-corrected chi connectivity index (χ3v) is 3.27. The molecule has 0 spiro atoms. The molecule has 1 fully saturated rings. The molecule has 0 bridgehead atoms. The monoisotopic (exact) mass is 234 g/mol. The molecule has 2 rings (SSSR count). The van der Waals surface area contributed by atoms with Gasteiger partial charge in [0.15, 0.2) is 0 Å². The number of aromatic carboxylic acids is 1. The maximum atomic E-state index is 10.9. The van der Waals surface area contributed by atoms with Crippen LogP contribution in [0.2, 0.25) is 0 Å². The average Bonchev–Trinajstić information content (AvgIpc) is 2.33. The van der Waals surface area contributed by atoms with Gasteiger partial charge in [-0.05, 0) is 31.0 Å². The molecule has 0 heterocycles. The van der Waals surface area contributed by atoms with E-state index in [0.29, 0.717) is 11.7 Å². The summed E-state index contributed by atoms with van der Waals surface area (Å²) < 4.78 is 0. The molecule has 0 unspecified atom stereocenters. The maximum Gasteiger partial charge on any atom is 0.335 e. The molecule has 92 valence electrons. The Kier molecular flexibility index (Phi) is 3.52. The van der Waals surface area contributed by atoms with E-state index in [1.807, 2.05) is 0 Å². The van der Waals surface area contributed by atoms with Crippen molar-refractivity contribution in [1.82, 2.24) is 0 Å². The van der Waals surface area contributed by atoms with E-state index in [2.05, 4.69) is 5.32 Å². The average molecular weight is 234 g/mol. The summed E-state index contributed by atoms with van der Waals surface area (Å²) in [6, 6.07) is 5.22. The predicted octanol–water partition coefficient (Wildman–Crippen LogP) is 2.71. The highest BCUT2D eigenvalue weighted by Crippen LogP contribution is 2.26. The molecule has 4 N–H and O–H groups in total. The minimum Gasteiger partial charge on any atom is -0.478 e. The fraction of sp³-hybridized carbons (Fsp3) is 0.462. The fourth-order valence-corrected chi connectivity index (χ4v) is 2.28. The Morgan fingerprint density at radius 3 is 2.65 bits per heavy atom. The number of carboxylic acid groups (broad SMARTS) is 1. The highest BCUT2D eigenvalue weighted by molar-refractivity contribution is 5.90. The SMILES string of the molecule is Nc1ccc(C(=O)O)cc1NC1CCCCC1. The Balaban J connectivity index is 2.13. The van der Waals surface area contributed by atoms with Crippen LogP contribution >= 0.6 is 0 Å². The molecule has 1 saturated carbocycles. The molecule has 1 aliphatic carbocycles. The maximum absolute atomic E-state index is 10.9. The Morgan fingerprint density at radius 2 is 2.00 bits per heavy atom. The minimum atomic E-state index is -0.920. The van der Waals surface area contributed by atoms with Gasteiger partial charge in [0, 0.05) is 6.04 Å². The van der Waals surface area contributed by atoms with Crippen LogP contribution in [0.3, 0.4) is 0 Å². The van der Waals surface area contributed by atoms with Gasteiger partial charge in [-0.2, -0.15) is 0 Å². The summed E-state index contributed by atoms with van der Waals surface area (Å²) in [6.45, 7) is 0. The van der Waals surface area contributed by atoms with Crippen LogP contribution in [0.25, 0.3) is 0 Å². The summed E-state index contributed by atoms with van der Waals surface area (Å²) >= 11 is 0. The molecular weight excluding hydrogens is 216 g/mol. The third-order valence-electron chi connectivity index (χ3n) is 3.27. The molecule has 0 aromatic heterocycles. The Bertz CT molecular complexity index is 412. The zero-order valence-corrected chi connectivity index (χ0v) is 9.78.